The lowest BCUT2D eigenvalue weighted by molar-refractivity contribution is 0.259. The largest absolute Gasteiger partial charge is 0.369 e. The van der Waals surface area contributed by atoms with E-state index in [2.05, 4.69) is 67.0 Å². The third-order valence-electron chi connectivity index (χ3n) is 5.21. The molecule has 146 valence electrons. The van der Waals surface area contributed by atoms with Crippen molar-refractivity contribution in [2.24, 2.45) is 7.05 Å². The predicted octanol–water partition coefficient (Wildman–Crippen LogP) is 3.79. The van der Waals surface area contributed by atoms with E-state index in [9.17, 15) is 0 Å². The molecule has 1 saturated heterocycles. The van der Waals surface area contributed by atoms with Crippen LogP contribution in [0.2, 0.25) is 0 Å². The maximum Gasteiger partial charge on any atom is 0.191 e. The molecule has 0 amide bonds. The van der Waals surface area contributed by atoms with Gasteiger partial charge in [-0.3, -0.25) is 4.90 Å². The monoisotopic (exact) mass is 393 g/mol. The Bertz CT molecular complexity index is 857. The van der Waals surface area contributed by atoms with Gasteiger partial charge in [-0.15, -0.1) is 10.2 Å². The van der Waals surface area contributed by atoms with Gasteiger partial charge in [-0.1, -0.05) is 60.3 Å². The summed E-state index contributed by atoms with van der Waals surface area (Å²) < 4.78 is 2.10. The van der Waals surface area contributed by atoms with E-state index >= 15 is 0 Å². The molecule has 2 aromatic carbocycles. The number of thioether (sulfide) groups is 1. The molecule has 0 unspecified atom stereocenters. The molecule has 0 aliphatic carbocycles. The van der Waals surface area contributed by atoms with Crippen molar-refractivity contribution >= 4 is 17.4 Å². The quantitative estimate of drug-likeness (QED) is 0.451. The van der Waals surface area contributed by atoms with Crippen molar-refractivity contribution < 1.29 is 0 Å². The molecule has 6 heteroatoms. The van der Waals surface area contributed by atoms with Gasteiger partial charge in [-0.25, -0.2) is 0 Å². The second-order valence-corrected chi connectivity index (χ2v) is 8.16. The average Bonchev–Trinajstić information content (AvgIpc) is 3.13. The Hall–Kier alpha value is -2.31. The zero-order valence-electron chi connectivity index (χ0n) is 16.4. The average molecular weight is 394 g/mol. The zero-order chi connectivity index (χ0) is 19.2. The van der Waals surface area contributed by atoms with E-state index in [4.69, 9.17) is 0 Å². The predicted molar refractivity (Wildman–Crippen MR) is 117 cm³/mol. The van der Waals surface area contributed by atoms with E-state index in [0.717, 1.165) is 55.0 Å². The van der Waals surface area contributed by atoms with E-state index in [0.29, 0.717) is 0 Å². The first-order valence-electron chi connectivity index (χ1n) is 9.91. The van der Waals surface area contributed by atoms with E-state index in [1.807, 2.05) is 25.2 Å². The third-order valence-corrected chi connectivity index (χ3v) is 6.32. The Kier molecular flexibility index (Phi) is 6.29. The number of hydrogen-bond acceptors (Lipinski definition) is 5. The molecule has 0 bridgehead atoms. The lowest BCUT2D eigenvalue weighted by Crippen LogP contribution is -2.46. The lowest BCUT2D eigenvalue weighted by Gasteiger charge is -2.36. The lowest BCUT2D eigenvalue weighted by atomic mass is 10.2. The molecule has 2 heterocycles. The van der Waals surface area contributed by atoms with Crippen LogP contribution in [-0.4, -0.2) is 58.1 Å². The molecule has 1 fully saturated rings. The van der Waals surface area contributed by atoms with E-state index in [1.165, 1.54) is 12.1 Å². The maximum absolute atomic E-state index is 4.38. The number of rotatable bonds is 7. The topological polar surface area (TPSA) is 37.2 Å². The van der Waals surface area contributed by atoms with E-state index < -0.39 is 0 Å². The summed E-state index contributed by atoms with van der Waals surface area (Å²) in [6.45, 7) is 5.66. The van der Waals surface area contributed by atoms with Gasteiger partial charge < -0.3 is 9.47 Å². The van der Waals surface area contributed by atoms with Crippen molar-refractivity contribution in [3.63, 3.8) is 0 Å². The highest BCUT2D eigenvalue weighted by atomic mass is 32.2. The fourth-order valence-electron chi connectivity index (χ4n) is 3.60. The van der Waals surface area contributed by atoms with E-state index in [1.54, 1.807) is 11.8 Å². The molecule has 3 aromatic rings. The first kappa shape index (κ1) is 19.0. The molecule has 0 spiro atoms. The number of aromatic nitrogens is 3. The minimum Gasteiger partial charge on any atom is -0.369 e. The van der Waals surface area contributed by atoms with Gasteiger partial charge in [0.15, 0.2) is 11.0 Å². The summed E-state index contributed by atoms with van der Waals surface area (Å²) >= 11 is 1.80. The summed E-state index contributed by atoms with van der Waals surface area (Å²) in [5.41, 5.74) is 2.45. The van der Waals surface area contributed by atoms with Crippen molar-refractivity contribution in [2.45, 2.75) is 11.6 Å². The number of benzene rings is 2. The standard InChI is InChI=1S/C22H27N5S/c1-25-21(19-9-4-2-5-10-19)23-24-22(25)28-18-8-13-26-14-16-27(17-15-26)20-11-6-3-7-12-20/h2-7,9-12H,8,13-18H2,1H3. The second kappa shape index (κ2) is 9.26. The third kappa shape index (κ3) is 4.56. The molecular formula is C22H27N5S. The summed E-state index contributed by atoms with van der Waals surface area (Å²) in [5, 5.41) is 9.74. The van der Waals surface area contributed by atoms with Crippen LogP contribution in [0.25, 0.3) is 11.4 Å². The smallest absolute Gasteiger partial charge is 0.191 e. The first-order valence-corrected chi connectivity index (χ1v) is 10.9. The number of hydrogen-bond donors (Lipinski definition) is 0. The SMILES string of the molecule is Cn1c(SCCCN2CCN(c3ccccc3)CC2)nnc1-c1ccccc1. The molecule has 1 aliphatic rings. The summed E-state index contributed by atoms with van der Waals surface area (Å²) in [6, 6.07) is 21.0. The van der Waals surface area contributed by atoms with Crippen molar-refractivity contribution in [3.8, 4) is 11.4 Å². The van der Waals surface area contributed by atoms with Crippen molar-refractivity contribution in [3.05, 3.63) is 60.7 Å². The Morgan fingerprint density at radius 3 is 2.25 bits per heavy atom. The van der Waals surface area contributed by atoms with Crippen LogP contribution in [0.3, 0.4) is 0 Å². The van der Waals surface area contributed by atoms with Gasteiger partial charge in [-0.05, 0) is 25.1 Å². The number of anilines is 1. The Morgan fingerprint density at radius 2 is 1.54 bits per heavy atom. The Morgan fingerprint density at radius 1 is 0.857 bits per heavy atom. The highest BCUT2D eigenvalue weighted by Crippen LogP contribution is 2.23. The maximum atomic E-state index is 4.38. The molecule has 0 atom stereocenters. The highest BCUT2D eigenvalue weighted by Gasteiger charge is 2.17. The van der Waals surface area contributed by atoms with Crippen molar-refractivity contribution in [1.82, 2.24) is 19.7 Å². The van der Waals surface area contributed by atoms with Gasteiger partial charge in [-0.2, -0.15) is 0 Å². The molecule has 5 nitrogen and oxygen atoms in total. The highest BCUT2D eigenvalue weighted by molar-refractivity contribution is 7.99. The van der Waals surface area contributed by atoms with E-state index in [-0.39, 0.29) is 0 Å². The first-order chi connectivity index (χ1) is 13.8. The summed E-state index contributed by atoms with van der Waals surface area (Å²) in [7, 11) is 2.05. The van der Waals surface area contributed by atoms with Crippen molar-refractivity contribution in [2.75, 3.05) is 43.4 Å². The van der Waals surface area contributed by atoms with Crippen LogP contribution >= 0.6 is 11.8 Å². The number of para-hydroxylation sites is 1. The second-order valence-electron chi connectivity index (χ2n) is 7.10. The van der Waals surface area contributed by atoms with Crippen molar-refractivity contribution in [1.29, 1.82) is 0 Å². The van der Waals surface area contributed by atoms with Gasteiger partial charge in [0.2, 0.25) is 0 Å². The fraction of sp³-hybridized carbons (Fsp3) is 0.364. The fourth-order valence-corrected chi connectivity index (χ4v) is 4.43. The van der Waals surface area contributed by atoms with Gasteiger partial charge in [0.1, 0.15) is 0 Å². The molecule has 1 aromatic heterocycles. The number of piperazine rings is 1. The molecule has 0 saturated carbocycles. The summed E-state index contributed by atoms with van der Waals surface area (Å²) in [6.07, 6.45) is 1.17. The number of nitrogens with zero attached hydrogens (tertiary/aromatic N) is 5. The Balaban J connectivity index is 1.20. The van der Waals surface area contributed by atoms with Crippen LogP contribution in [0.15, 0.2) is 65.8 Å². The summed E-state index contributed by atoms with van der Waals surface area (Å²) in [5.74, 6) is 2.00. The van der Waals surface area contributed by atoms with Gasteiger partial charge in [0, 0.05) is 50.2 Å². The summed E-state index contributed by atoms with van der Waals surface area (Å²) in [4.78, 5) is 5.06. The minimum atomic E-state index is 0.931. The molecule has 4 rings (SSSR count). The minimum absolute atomic E-state index is 0.931. The Labute approximate surface area is 171 Å². The van der Waals surface area contributed by atoms with Crippen LogP contribution < -0.4 is 4.90 Å². The normalized spacial score (nSPS) is 15.1. The molecular weight excluding hydrogens is 366 g/mol. The van der Waals surface area contributed by atoms with Gasteiger partial charge in [0.05, 0.1) is 0 Å². The van der Waals surface area contributed by atoms with Crippen LogP contribution in [0.5, 0.6) is 0 Å². The van der Waals surface area contributed by atoms with Gasteiger partial charge >= 0.3 is 0 Å². The van der Waals surface area contributed by atoms with Crippen LogP contribution in [-0.2, 0) is 7.05 Å². The molecule has 0 radical (unpaired) electrons. The van der Waals surface area contributed by atoms with Crippen LogP contribution in [0.1, 0.15) is 6.42 Å². The molecule has 28 heavy (non-hydrogen) atoms. The molecule has 0 N–H and O–H groups in total. The van der Waals surface area contributed by atoms with Crippen LogP contribution in [0.4, 0.5) is 5.69 Å². The van der Waals surface area contributed by atoms with Gasteiger partial charge in [0.25, 0.3) is 0 Å². The zero-order valence-corrected chi connectivity index (χ0v) is 17.2. The molecule has 1 aliphatic heterocycles. The van der Waals surface area contributed by atoms with Crippen LogP contribution in [0, 0.1) is 0 Å².